The number of hydrogen-bond acceptors (Lipinski definition) is 7. The molecule has 0 bridgehead atoms. The highest BCUT2D eigenvalue weighted by atomic mass is 19.1. The summed E-state index contributed by atoms with van der Waals surface area (Å²) in [5.74, 6) is -1.72. The first kappa shape index (κ1) is 24.1. The molecular formula is C23H31FN8O. The van der Waals surface area contributed by atoms with E-state index in [1.165, 1.54) is 18.5 Å². The molecule has 0 unspecified atom stereocenters. The number of nitrogens with two attached hydrogens (primary N) is 3. The van der Waals surface area contributed by atoms with Crippen molar-refractivity contribution in [1.82, 2.24) is 15.6 Å². The van der Waals surface area contributed by atoms with E-state index in [0.29, 0.717) is 18.3 Å². The average Bonchev–Trinajstić information content (AvgIpc) is 2.78. The normalized spacial score (nSPS) is 20.8. The molecule has 1 fully saturated rings. The van der Waals surface area contributed by atoms with Crippen LogP contribution in [0.4, 0.5) is 15.8 Å². The molecule has 1 heterocycles. The van der Waals surface area contributed by atoms with Crippen LogP contribution in [-0.2, 0) is 11.3 Å². The summed E-state index contributed by atoms with van der Waals surface area (Å²) < 4.78 is 13.3. The fourth-order valence-corrected chi connectivity index (χ4v) is 3.93. The summed E-state index contributed by atoms with van der Waals surface area (Å²) in [7, 11) is 0. The Labute approximate surface area is 192 Å². The smallest absolute Gasteiger partial charge is 0.253 e. The molecule has 1 aromatic heterocycles. The van der Waals surface area contributed by atoms with E-state index < -0.39 is 17.4 Å². The van der Waals surface area contributed by atoms with Crippen LogP contribution >= 0.6 is 0 Å². The number of rotatable bonds is 9. The molecule has 10 heteroatoms. The molecule has 10 N–H and O–H groups in total. The van der Waals surface area contributed by atoms with Gasteiger partial charge in [-0.3, -0.25) is 10.2 Å². The second-order valence-corrected chi connectivity index (χ2v) is 8.32. The Balaban J connectivity index is 1.58. The van der Waals surface area contributed by atoms with Crippen LogP contribution in [0.15, 0.2) is 54.4 Å². The number of nitrogen functional groups attached to an aromatic ring is 1. The zero-order chi connectivity index (χ0) is 23.8. The van der Waals surface area contributed by atoms with Crippen molar-refractivity contribution in [2.75, 3.05) is 17.6 Å². The molecule has 9 nitrogen and oxygen atoms in total. The first-order valence-electron chi connectivity index (χ1n) is 10.8. The molecule has 1 amide bonds. The number of nitrogens with zero attached hydrogens (tertiary/aromatic N) is 1. The zero-order valence-corrected chi connectivity index (χ0v) is 18.4. The van der Waals surface area contributed by atoms with Crippen molar-refractivity contribution in [2.45, 2.75) is 43.8 Å². The number of amidine groups is 1. The van der Waals surface area contributed by atoms with Gasteiger partial charge < -0.3 is 33.2 Å². The lowest BCUT2D eigenvalue weighted by atomic mass is 9.79. The van der Waals surface area contributed by atoms with Crippen LogP contribution in [-0.4, -0.2) is 34.9 Å². The van der Waals surface area contributed by atoms with Crippen molar-refractivity contribution in [2.24, 2.45) is 11.5 Å². The first-order chi connectivity index (χ1) is 15.8. The monoisotopic (exact) mass is 454 g/mol. The third-order valence-corrected chi connectivity index (χ3v) is 5.93. The summed E-state index contributed by atoms with van der Waals surface area (Å²) >= 11 is 0. The van der Waals surface area contributed by atoms with Crippen LogP contribution < -0.4 is 33.2 Å². The summed E-state index contributed by atoms with van der Waals surface area (Å²) in [4.78, 5) is 15.4. The number of pyridine rings is 1. The maximum Gasteiger partial charge on any atom is 0.253 e. The number of benzene rings is 1. The Hall–Kier alpha value is -3.50. The predicted octanol–water partition coefficient (Wildman–Crippen LogP) is 1.58. The van der Waals surface area contributed by atoms with Gasteiger partial charge in [0.05, 0.1) is 5.57 Å². The summed E-state index contributed by atoms with van der Waals surface area (Å²) in [6, 6.07) is 10.8. The highest BCUT2D eigenvalue weighted by molar-refractivity contribution is 6.23. The molecular weight excluding hydrogens is 423 g/mol. The molecule has 1 aliphatic carbocycles. The van der Waals surface area contributed by atoms with Crippen molar-refractivity contribution in [3.63, 3.8) is 0 Å². The highest BCUT2D eigenvalue weighted by Gasteiger charge is 2.33. The lowest BCUT2D eigenvalue weighted by Gasteiger charge is -2.40. The molecule has 0 saturated heterocycles. The maximum absolute atomic E-state index is 13.3. The number of aromatic nitrogens is 1. The molecule has 3 rings (SSSR count). The standard InChI is InChI=1S/C23H31FN8O/c24-20-11-18(6-9-29-20)32-21(27)19(22(28)33)13-31-23(14-25)7-4-17(5-8-23)30-12-15-2-1-3-16(26)10-15/h1-3,6,9-11,13,17,30-31H,4-5,7-8,12,14,25-26H2,(H2,28,33)(H2,27,29,32)/b19-13+. The zero-order valence-electron chi connectivity index (χ0n) is 18.4. The number of hydrogen-bond donors (Lipinski definition) is 7. The van der Waals surface area contributed by atoms with Crippen LogP contribution in [0.25, 0.3) is 0 Å². The lowest BCUT2D eigenvalue weighted by Crippen LogP contribution is -2.53. The average molecular weight is 455 g/mol. The van der Waals surface area contributed by atoms with E-state index in [0.717, 1.165) is 49.5 Å². The molecule has 33 heavy (non-hydrogen) atoms. The van der Waals surface area contributed by atoms with Crippen molar-refractivity contribution in [3.8, 4) is 0 Å². The SMILES string of the molecule is N=C(Nc1ccnc(F)c1)/C(=C\NC1(CN)CCC(NCc2cccc(N)c2)CC1)C(N)=O. The summed E-state index contributed by atoms with van der Waals surface area (Å²) in [5, 5.41) is 17.7. The van der Waals surface area contributed by atoms with Gasteiger partial charge in [-0.1, -0.05) is 12.1 Å². The van der Waals surface area contributed by atoms with Gasteiger partial charge in [-0.05, 0) is 49.4 Å². The van der Waals surface area contributed by atoms with Crippen molar-refractivity contribution >= 4 is 23.1 Å². The second-order valence-electron chi connectivity index (χ2n) is 8.32. The molecule has 0 atom stereocenters. The molecule has 2 aromatic rings. The van der Waals surface area contributed by atoms with Crippen molar-refractivity contribution in [1.29, 1.82) is 5.41 Å². The summed E-state index contributed by atoms with van der Waals surface area (Å²) in [6.07, 6.45) is 6.08. The third kappa shape index (κ3) is 6.74. The quantitative estimate of drug-likeness (QED) is 0.0992. The topological polar surface area (TPSA) is 168 Å². The van der Waals surface area contributed by atoms with Crippen LogP contribution in [0, 0.1) is 11.4 Å². The summed E-state index contributed by atoms with van der Waals surface area (Å²) in [6.45, 7) is 1.11. The Kier molecular flexibility index (Phi) is 7.96. The fourth-order valence-electron chi connectivity index (χ4n) is 3.93. The summed E-state index contributed by atoms with van der Waals surface area (Å²) in [5.41, 5.74) is 19.1. The Morgan fingerprint density at radius 2 is 2.03 bits per heavy atom. The van der Waals surface area contributed by atoms with Crippen LogP contribution in [0.5, 0.6) is 0 Å². The number of anilines is 2. The molecule has 1 aromatic carbocycles. The third-order valence-electron chi connectivity index (χ3n) is 5.93. The first-order valence-corrected chi connectivity index (χ1v) is 10.8. The van der Waals surface area contributed by atoms with E-state index in [1.54, 1.807) is 0 Å². The number of nitrogens with one attached hydrogen (secondary N) is 4. The van der Waals surface area contributed by atoms with Gasteiger partial charge in [-0.2, -0.15) is 4.39 Å². The van der Waals surface area contributed by atoms with Gasteiger partial charge >= 0.3 is 0 Å². The minimum Gasteiger partial charge on any atom is -0.399 e. The van der Waals surface area contributed by atoms with Crippen molar-refractivity contribution < 1.29 is 9.18 Å². The number of amides is 1. The van der Waals surface area contributed by atoms with Crippen LogP contribution in [0.2, 0.25) is 0 Å². The van der Waals surface area contributed by atoms with E-state index in [1.807, 2.05) is 24.3 Å². The van der Waals surface area contributed by atoms with E-state index in [-0.39, 0.29) is 11.4 Å². The molecule has 1 aliphatic rings. The maximum atomic E-state index is 13.3. The van der Waals surface area contributed by atoms with Gasteiger partial charge in [0.1, 0.15) is 5.84 Å². The van der Waals surface area contributed by atoms with E-state index in [2.05, 4.69) is 20.9 Å². The minimum absolute atomic E-state index is 0.0537. The molecule has 0 spiro atoms. The Bertz CT molecular complexity index is 1020. The van der Waals surface area contributed by atoms with Gasteiger partial charge in [0, 0.05) is 54.5 Å². The molecule has 0 radical (unpaired) electrons. The van der Waals surface area contributed by atoms with Gasteiger partial charge in [0.15, 0.2) is 0 Å². The second kappa shape index (κ2) is 10.9. The number of carbonyl (C=O) groups excluding carboxylic acids is 1. The van der Waals surface area contributed by atoms with Gasteiger partial charge in [-0.15, -0.1) is 0 Å². The largest absolute Gasteiger partial charge is 0.399 e. The Morgan fingerprint density at radius 3 is 2.67 bits per heavy atom. The molecule has 0 aliphatic heterocycles. The Morgan fingerprint density at radius 1 is 1.27 bits per heavy atom. The molecule has 1 saturated carbocycles. The predicted molar refractivity (Wildman–Crippen MR) is 128 cm³/mol. The van der Waals surface area contributed by atoms with Crippen molar-refractivity contribution in [3.05, 3.63) is 65.9 Å². The number of carbonyl (C=O) groups is 1. The van der Waals surface area contributed by atoms with Crippen LogP contribution in [0.1, 0.15) is 31.2 Å². The lowest BCUT2D eigenvalue weighted by molar-refractivity contribution is -0.114. The number of primary amides is 1. The van der Waals surface area contributed by atoms with Gasteiger partial charge in [-0.25, -0.2) is 4.98 Å². The highest BCUT2D eigenvalue weighted by Crippen LogP contribution is 2.28. The van der Waals surface area contributed by atoms with Gasteiger partial charge in [0.25, 0.3) is 5.91 Å². The fraction of sp³-hybridized carbons (Fsp3) is 0.348. The van der Waals surface area contributed by atoms with E-state index in [4.69, 9.17) is 22.6 Å². The van der Waals surface area contributed by atoms with Crippen LogP contribution in [0.3, 0.4) is 0 Å². The van der Waals surface area contributed by atoms with E-state index in [9.17, 15) is 9.18 Å². The molecule has 176 valence electrons. The number of halogens is 1. The minimum atomic E-state index is -0.779. The van der Waals surface area contributed by atoms with Gasteiger partial charge in [0.2, 0.25) is 5.95 Å². The van der Waals surface area contributed by atoms with E-state index >= 15 is 0 Å².